The molecule has 2 fully saturated rings. The molecule has 8 nitrogen and oxygen atoms in total. The van der Waals surface area contributed by atoms with Gasteiger partial charge in [0.15, 0.2) is 0 Å². The van der Waals surface area contributed by atoms with Crippen LogP contribution in [-0.2, 0) is 14.8 Å². The van der Waals surface area contributed by atoms with Crippen LogP contribution in [-0.4, -0.2) is 60.0 Å². The van der Waals surface area contributed by atoms with Gasteiger partial charge < -0.3 is 9.47 Å². The normalized spacial score (nSPS) is 18.7. The highest BCUT2D eigenvalue weighted by atomic mass is 32.2. The van der Waals surface area contributed by atoms with Crippen LogP contribution in [0.15, 0.2) is 47.6 Å². The predicted molar refractivity (Wildman–Crippen MR) is 132 cm³/mol. The zero-order valence-electron chi connectivity index (χ0n) is 20.4. The van der Waals surface area contributed by atoms with E-state index in [1.165, 1.54) is 4.31 Å². The number of nitrogens with zero attached hydrogens (tertiary/aromatic N) is 3. The number of rotatable bonds is 4. The van der Waals surface area contributed by atoms with Crippen molar-refractivity contribution < 1.29 is 22.7 Å². The van der Waals surface area contributed by atoms with Crippen LogP contribution in [0, 0.1) is 11.8 Å². The van der Waals surface area contributed by atoms with Gasteiger partial charge in [0.25, 0.3) is 0 Å². The smallest absolute Gasteiger partial charge is 0.411 e. The van der Waals surface area contributed by atoms with Gasteiger partial charge in [-0.05, 0) is 76.8 Å². The van der Waals surface area contributed by atoms with E-state index in [0.29, 0.717) is 36.7 Å². The second kappa shape index (κ2) is 10.3. The van der Waals surface area contributed by atoms with Crippen molar-refractivity contribution in [2.45, 2.75) is 63.0 Å². The third kappa shape index (κ3) is 6.32. The molecule has 9 heteroatoms. The summed E-state index contributed by atoms with van der Waals surface area (Å²) in [6.07, 6.45) is 6.32. The number of hydrogen-bond donors (Lipinski definition) is 0. The van der Waals surface area contributed by atoms with Crippen LogP contribution in [0.2, 0.25) is 0 Å². The van der Waals surface area contributed by atoms with Crippen LogP contribution in [0.25, 0.3) is 0 Å². The molecule has 2 aromatic rings. The highest BCUT2D eigenvalue weighted by Crippen LogP contribution is 2.26. The van der Waals surface area contributed by atoms with Crippen LogP contribution >= 0.6 is 0 Å². The third-order valence-corrected chi connectivity index (χ3v) is 7.65. The van der Waals surface area contributed by atoms with Crippen LogP contribution in [0.4, 0.5) is 4.79 Å². The molecule has 0 bridgehead atoms. The molecule has 3 heterocycles. The minimum absolute atomic E-state index is 0.209. The van der Waals surface area contributed by atoms with Crippen LogP contribution < -0.4 is 4.74 Å². The Bertz CT molecular complexity index is 1220. The Morgan fingerprint density at radius 2 is 1.74 bits per heavy atom. The number of pyridine rings is 1. The summed E-state index contributed by atoms with van der Waals surface area (Å²) in [7, 11) is -3.46. The molecule has 2 aliphatic rings. The molecule has 1 aromatic heterocycles. The number of hydrogen-bond acceptors (Lipinski definition) is 6. The van der Waals surface area contributed by atoms with Crippen LogP contribution in [0.3, 0.4) is 0 Å². The zero-order valence-corrected chi connectivity index (χ0v) is 21.2. The van der Waals surface area contributed by atoms with Crippen molar-refractivity contribution in [1.29, 1.82) is 0 Å². The summed E-state index contributed by atoms with van der Waals surface area (Å²) in [5.41, 5.74) is 0.107. The van der Waals surface area contributed by atoms with Gasteiger partial charge in [0.1, 0.15) is 17.1 Å². The molecule has 1 atom stereocenters. The molecule has 1 amide bonds. The SMILES string of the molecule is CC(C)(C)OC(=O)N1CCCC1C#Cc1cncc(Oc2ccc(S(=O)(=O)N3CCCC3)cc2)c1. The number of carbonyl (C=O) groups is 1. The van der Waals surface area contributed by atoms with Gasteiger partial charge in [0, 0.05) is 31.4 Å². The lowest BCUT2D eigenvalue weighted by Crippen LogP contribution is -2.39. The number of ether oxygens (including phenoxy) is 2. The number of sulfonamides is 1. The van der Waals surface area contributed by atoms with Gasteiger partial charge in [0.2, 0.25) is 10.0 Å². The van der Waals surface area contributed by atoms with E-state index >= 15 is 0 Å². The van der Waals surface area contributed by atoms with Crippen molar-refractivity contribution in [2.75, 3.05) is 19.6 Å². The zero-order chi connectivity index (χ0) is 25.1. The van der Waals surface area contributed by atoms with Gasteiger partial charge in [-0.3, -0.25) is 9.88 Å². The Balaban J connectivity index is 1.42. The summed E-state index contributed by atoms with van der Waals surface area (Å²) in [6, 6.07) is 7.95. The van der Waals surface area contributed by atoms with Crippen molar-refractivity contribution in [3.63, 3.8) is 0 Å². The summed E-state index contributed by atoms with van der Waals surface area (Å²) in [6.45, 7) is 7.29. The van der Waals surface area contributed by atoms with Gasteiger partial charge in [0.05, 0.1) is 17.1 Å². The van der Waals surface area contributed by atoms with Gasteiger partial charge in [-0.2, -0.15) is 4.31 Å². The summed E-state index contributed by atoms with van der Waals surface area (Å²) in [5.74, 6) is 7.25. The second-order valence-electron chi connectivity index (χ2n) is 9.70. The van der Waals surface area contributed by atoms with Crippen molar-refractivity contribution >= 4 is 16.1 Å². The standard InChI is InChI=1S/C26H31N3O5S/c1-26(2,3)34-25(30)29-16-6-7-21(29)9-8-20-17-23(19-27-18-20)33-22-10-12-24(13-11-22)35(31,32)28-14-4-5-15-28/h10-13,17-19,21H,4-7,14-16H2,1-3H3. The number of aromatic nitrogens is 1. The molecule has 0 radical (unpaired) electrons. The van der Waals surface area contributed by atoms with E-state index in [9.17, 15) is 13.2 Å². The summed E-state index contributed by atoms with van der Waals surface area (Å²) < 4.78 is 38.3. The van der Waals surface area contributed by atoms with E-state index < -0.39 is 15.6 Å². The molecule has 0 aliphatic carbocycles. The lowest BCUT2D eigenvalue weighted by Gasteiger charge is -2.26. The second-order valence-corrected chi connectivity index (χ2v) is 11.6. The first-order valence-corrected chi connectivity index (χ1v) is 13.3. The fourth-order valence-electron chi connectivity index (χ4n) is 4.06. The Hall–Kier alpha value is -3.09. The molecule has 35 heavy (non-hydrogen) atoms. The topological polar surface area (TPSA) is 89.0 Å². The van der Waals surface area contributed by atoms with E-state index in [-0.39, 0.29) is 17.0 Å². The van der Waals surface area contributed by atoms with Crippen molar-refractivity contribution in [3.05, 3.63) is 48.3 Å². The summed E-state index contributed by atoms with van der Waals surface area (Å²) in [5, 5.41) is 0. The predicted octanol–water partition coefficient (Wildman–Crippen LogP) is 4.41. The first-order chi connectivity index (χ1) is 16.6. The lowest BCUT2D eigenvalue weighted by atomic mass is 10.2. The number of amides is 1. The average Bonchev–Trinajstić information content (AvgIpc) is 3.50. The molecule has 0 N–H and O–H groups in total. The highest BCUT2D eigenvalue weighted by Gasteiger charge is 2.31. The maximum absolute atomic E-state index is 12.7. The van der Waals surface area contributed by atoms with Crippen molar-refractivity contribution in [2.24, 2.45) is 0 Å². The van der Waals surface area contributed by atoms with E-state index in [4.69, 9.17) is 9.47 Å². The molecule has 2 saturated heterocycles. The summed E-state index contributed by atoms with van der Waals surface area (Å²) in [4.78, 5) is 18.6. The van der Waals surface area contributed by atoms with Crippen molar-refractivity contribution in [3.8, 4) is 23.3 Å². The molecule has 2 aliphatic heterocycles. The Morgan fingerprint density at radius 3 is 2.43 bits per heavy atom. The van der Waals surface area contributed by atoms with Crippen LogP contribution in [0.1, 0.15) is 52.0 Å². The monoisotopic (exact) mass is 497 g/mol. The number of likely N-dealkylation sites (tertiary alicyclic amines) is 1. The van der Waals surface area contributed by atoms with E-state index in [0.717, 1.165) is 25.7 Å². The van der Waals surface area contributed by atoms with Crippen molar-refractivity contribution in [1.82, 2.24) is 14.2 Å². The highest BCUT2D eigenvalue weighted by molar-refractivity contribution is 7.89. The minimum atomic E-state index is -3.46. The summed E-state index contributed by atoms with van der Waals surface area (Å²) >= 11 is 0. The third-order valence-electron chi connectivity index (χ3n) is 5.74. The van der Waals surface area contributed by atoms with E-state index in [2.05, 4.69) is 16.8 Å². The van der Waals surface area contributed by atoms with Gasteiger partial charge in [-0.1, -0.05) is 11.8 Å². The fraction of sp³-hybridized carbons (Fsp3) is 0.462. The Labute approximate surface area is 207 Å². The molecular weight excluding hydrogens is 466 g/mol. The molecule has 186 valence electrons. The van der Waals surface area contributed by atoms with Gasteiger partial charge >= 0.3 is 6.09 Å². The number of benzene rings is 1. The molecule has 4 rings (SSSR count). The molecule has 0 spiro atoms. The largest absolute Gasteiger partial charge is 0.456 e. The molecular formula is C26H31N3O5S. The maximum Gasteiger partial charge on any atom is 0.411 e. The minimum Gasteiger partial charge on any atom is -0.456 e. The first-order valence-electron chi connectivity index (χ1n) is 11.9. The lowest BCUT2D eigenvalue weighted by molar-refractivity contribution is 0.0261. The average molecular weight is 498 g/mol. The maximum atomic E-state index is 12.7. The molecule has 1 unspecified atom stereocenters. The van der Waals surface area contributed by atoms with Gasteiger partial charge in [-0.15, -0.1) is 0 Å². The quantitative estimate of drug-likeness (QED) is 0.582. The Kier molecular flexibility index (Phi) is 7.33. The van der Waals surface area contributed by atoms with E-state index in [1.54, 1.807) is 47.6 Å². The van der Waals surface area contributed by atoms with E-state index in [1.807, 2.05) is 20.8 Å². The molecule has 0 saturated carbocycles. The first kappa shape index (κ1) is 25.0. The Morgan fingerprint density at radius 1 is 1.03 bits per heavy atom. The van der Waals surface area contributed by atoms with Crippen LogP contribution in [0.5, 0.6) is 11.5 Å². The number of carbonyl (C=O) groups excluding carboxylic acids is 1. The van der Waals surface area contributed by atoms with Gasteiger partial charge in [-0.25, -0.2) is 13.2 Å². The fourth-order valence-corrected chi connectivity index (χ4v) is 5.58. The molecule has 1 aromatic carbocycles.